The average Bonchev–Trinajstić information content (AvgIpc) is 3.71. The zero-order valence-electron chi connectivity index (χ0n) is 24.0. The van der Waals surface area contributed by atoms with Crippen LogP contribution in [0.25, 0.3) is 11.1 Å². The largest absolute Gasteiger partial charge is 4.00 e. The van der Waals surface area contributed by atoms with Crippen LogP contribution in [0.4, 0.5) is 22.7 Å². The summed E-state index contributed by atoms with van der Waals surface area (Å²) in [6, 6.07) is 47.0. The molecule has 0 aromatic heterocycles. The SMILES string of the molecule is CN1C=CN(c2[c-]c(C3(Cc4[c-]c(N5[CH-]N(C)c6ccccc65)ccc4)c4ccccc4-c4ccccc43)ccc2)[CH-]1.[Pt+4]. The van der Waals surface area contributed by atoms with Gasteiger partial charge in [-0.2, -0.15) is 67.4 Å². The molecule has 5 aromatic rings. The summed E-state index contributed by atoms with van der Waals surface area (Å²) in [5, 5.41) is 0. The molecule has 8 rings (SSSR count). The number of hydrogen-bond acceptors (Lipinski definition) is 4. The molecule has 3 aliphatic rings. The maximum absolute atomic E-state index is 3.86. The Kier molecular flexibility index (Phi) is 6.90. The van der Waals surface area contributed by atoms with E-state index in [1.807, 2.05) is 7.05 Å². The van der Waals surface area contributed by atoms with Gasteiger partial charge in [0.2, 0.25) is 0 Å². The summed E-state index contributed by atoms with van der Waals surface area (Å²) in [7, 11) is 4.14. The Bertz CT molecular complexity index is 1800. The Morgan fingerprint density at radius 1 is 0.628 bits per heavy atom. The number of benzene rings is 5. The van der Waals surface area contributed by atoms with Crippen molar-refractivity contribution in [3.05, 3.63) is 169 Å². The van der Waals surface area contributed by atoms with Crippen molar-refractivity contribution in [2.45, 2.75) is 11.8 Å². The number of nitrogens with zero attached hydrogens (tertiary/aromatic N) is 4. The Morgan fingerprint density at radius 2 is 1.28 bits per heavy atom. The van der Waals surface area contributed by atoms with E-state index < -0.39 is 5.41 Å². The van der Waals surface area contributed by atoms with E-state index in [9.17, 15) is 0 Å². The standard InChI is InChI=1S/C38H30N4.Pt/c1-39-21-22-41(26-39)30-13-10-12-29(24-30)38(34-17-5-3-15-32(34)33-16-4-6-18-35(33)38)25-28-11-9-14-31(23-28)42-27-40(2)36-19-7-8-20-37(36)42;/h3-22,26-27H,25H2,1-2H3;/q-4;+4. The van der Waals surface area contributed by atoms with E-state index in [1.54, 1.807) is 0 Å². The van der Waals surface area contributed by atoms with E-state index in [1.165, 1.54) is 33.6 Å². The molecule has 0 atom stereocenters. The van der Waals surface area contributed by atoms with Gasteiger partial charge >= 0.3 is 21.1 Å². The number of para-hydroxylation sites is 2. The molecule has 0 saturated carbocycles. The van der Waals surface area contributed by atoms with E-state index in [0.717, 1.165) is 28.9 Å². The Balaban J connectivity index is 0.00000300. The van der Waals surface area contributed by atoms with Gasteiger partial charge in [0.05, 0.1) is 0 Å². The third kappa shape index (κ3) is 4.39. The molecule has 0 unspecified atom stereocenters. The van der Waals surface area contributed by atoms with Crippen molar-refractivity contribution >= 4 is 22.7 Å². The minimum Gasteiger partial charge on any atom is -0.510 e. The molecule has 0 saturated heterocycles. The van der Waals surface area contributed by atoms with E-state index in [4.69, 9.17) is 0 Å². The van der Waals surface area contributed by atoms with Gasteiger partial charge in [-0.15, -0.1) is 16.9 Å². The molecule has 4 nitrogen and oxygen atoms in total. The van der Waals surface area contributed by atoms with Gasteiger partial charge in [-0.05, 0) is 67.3 Å². The predicted molar refractivity (Wildman–Crippen MR) is 171 cm³/mol. The van der Waals surface area contributed by atoms with Gasteiger partial charge in [-0.1, -0.05) is 60.7 Å². The Labute approximate surface area is 268 Å². The number of rotatable bonds is 5. The van der Waals surface area contributed by atoms with Crippen molar-refractivity contribution in [1.29, 1.82) is 0 Å². The van der Waals surface area contributed by atoms with Crippen LogP contribution < -0.4 is 14.7 Å². The van der Waals surface area contributed by atoms with Crippen molar-refractivity contribution < 1.29 is 21.1 Å². The van der Waals surface area contributed by atoms with Crippen LogP contribution in [-0.2, 0) is 32.9 Å². The number of anilines is 4. The van der Waals surface area contributed by atoms with Crippen LogP contribution in [-0.4, -0.2) is 19.0 Å². The van der Waals surface area contributed by atoms with E-state index in [2.05, 4.69) is 174 Å². The fourth-order valence-electron chi connectivity index (χ4n) is 6.84. The van der Waals surface area contributed by atoms with Crippen LogP contribution in [0.1, 0.15) is 22.3 Å². The monoisotopic (exact) mass is 737 g/mol. The van der Waals surface area contributed by atoms with Crippen molar-refractivity contribution in [2.24, 2.45) is 0 Å². The van der Waals surface area contributed by atoms with E-state index in [-0.39, 0.29) is 21.1 Å². The molecular weight excluding hydrogens is 708 g/mol. The Hall–Kier alpha value is -4.27. The van der Waals surface area contributed by atoms with Crippen molar-refractivity contribution in [3.63, 3.8) is 0 Å². The fourth-order valence-corrected chi connectivity index (χ4v) is 6.84. The summed E-state index contributed by atoms with van der Waals surface area (Å²) in [6.45, 7) is 4.22. The molecule has 0 amide bonds. The maximum atomic E-state index is 3.86. The van der Waals surface area contributed by atoms with Gasteiger partial charge < -0.3 is 19.6 Å². The second-order valence-electron chi connectivity index (χ2n) is 11.3. The maximum Gasteiger partial charge on any atom is 4.00 e. The fraction of sp³-hybridized carbons (Fsp3) is 0.105. The van der Waals surface area contributed by atoms with Crippen molar-refractivity contribution in [3.8, 4) is 11.1 Å². The van der Waals surface area contributed by atoms with Gasteiger partial charge in [-0.25, -0.2) is 0 Å². The summed E-state index contributed by atoms with van der Waals surface area (Å²) in [6.07, 6.45) is 4.90. The smallest absolute Gasteiger partial charge is 0.510 e. The number of fused-ring (bicyclic) bond motifs is 4. The number of hydrogen-bond donors (Lipinski definition) is 0. The molecule has 5 heteroatoms. The first-order chi connectivity index (χ1) is 20.6. The second kappa shape index (κ2) is 10.8. The topological polar surface area (TPSA) is 13.0 Å². The van der Waals surface area contributed by atoms with Gasteiger partial charge in [0.15, 0.2) is 0 Å². The third-order valence-electron chi connectivity index (χ3n) is 8.72. The Morgan fingerprint density at radius 3 is 2.00 bits per heavy atom. The first kappa shape index (κ1) is 27.6. The summed E-state index contributed by atoms with van der Waals surface area (Å²) >= 11 is 0. The molecule has 2 heterocycles. The molecule has 0 fully saturated rings. The summed E-state index contributed by atoms with van der Waals surface area (Å²) in [5.74, 6) is 0. The zero-order chi connectivity index (χ0) is 28.3. The average molecular weight is 738 g/mol. The first-order valence-corrected chi connectivity index (χ1v) is 14.3. The van der Waals surface area contributed by atoms with Gasteiger partial charge in [-0.3, -0.25) is 0 Å². The molecule has 212 valence electrons. The molecular formula is C38H30N4Pt. The molecule has 0 N–H and O–H groups in total. The van der Waals surface area contributed by atoms with Crippen LogP contribution in [0.5, 0.6) is 0 Å². The summed E-state index contributed by atoms with van der Waals surface area (Å²) in [4.78, 5) is 8.60. The third-order valence-corrected chi connectivity index (χ3v) is 8.72. The van der Waals surface area contributed by atoms with Crippen molar-refractivity contribution in [1.82, 2.24) is 4.90 Å². The van der Waals surface area contributed by atoms with Gasteiger partial charge in [0, 0.05) is 16.8 Å². The minimum absolute atomic E-state index is 0. The molecule has 0 spiro atoms. The predicted octanol–water partition coefficient (Wildman–Crippen LogP) is 7.89. The molecule has 5 aromatic carbocycles. The first-order valence-electron chi connectivity index (χ1n) is 14.3. The van der Waals surface area contributed by atoms with E-state index >= 15 is 0 Å². The van der Waals surface area contributed by atoms with Crippen LogP contribution in [0.2, 0.25) is 0 Å². The molecule has 2 aliphatic heterocycles. The van der Waals surface area contributed by atoms with Crippen LogP contribution in [0, 0.1) is 25.5 Å². The molecule has 0 bridgehead atoms. The molecule has 1 aliphatic carbocycles. The normalized spacial score (nSPS) is 15.8. The molecule has 43 heavy (non-hydrogen) atoms. The summed E-state index contributed by atoms with van der Waals surface area (Å²) < 4.78 is 0. The molecule has 0 radical (unpaired) electrons. The van der Waals surface area contributed by atoms with Gasteiger partial charge in [0.1, 0.15) is 0 Å². The van der Waals surface area contributed by atoms with E-state index in [0.29, 0.717) is 0 Å². The summed E-state index contributed by atoms with van der Waals surface area (Å²) in [5.41, 5.74) is 11.5. The quantitative estimate of drug-likeness (QED) is 0.170. The van der Waals surface area contributed by atoms with Crippen LogP contribution >= 0.6 is 0 Å². The zero-order valence-corrected chi connectivity index (χ0v) is 26.3. The van der Waals surface area contributed by atoms with Gasteiger partial charge in [0.25, 0.3) is 0 Å². The van der Waals surface area contributed by atoms with Crippen LogP contribution in [0.3, 0.4) is 0 Å². The minimum atomic E-state index is -0.420. The second-order valence-corrected chi connectivity index (χ2v) is 11.3. The van der Waals surface area contributed by atoms with Crippen LogP contribution in [0.15, 0.2) is 122 Å². The van der Waals surface area contributed by atoms with Crippen molar-refractivity contribution in [2.75, 3.05) is 28.8 Å².